The molecule has 4 heterocycles. The van der Waals surface area contributed by atoms with E-state index >= 15 is 0 Å². The molecule has 0 saturated carbocycles. The summed E-state index contributed by atoms with van der Waals surface area (Å²) in [4.78, 5) is 12.4. The van der Waals surface area contributed by atoms with Crippen molar-refractivity contribution in [3.05, 3.63) is 35.2 Å². The minimum atomic E-state index is 0.244. The van der Waals surface area contributed by atoms with E-state index in [4.69, 9.17) is 10.5 Å². The van der Waals surface area contributed by atoms with Gasteiger partial charge >= 0.3 is 0 Å². The van der Waals surface area contributed by atoms with Crippen molar-refractivity contribution in [1.82, 2.24) is 15.3 Å². The van der Waals surface area contributed by atoms with Crippen LogP contribution in [0.5, 0.6) is 0 Å². The molecular formula is C18H23N5O. The predicted octanol–water partition coefficient (Wildman–Crippen LogP) is 1.76. The first-order valence-corrected chi connectivity index (χ1v) is 8.52. The molecule has 4 rings (SSSR count). The van der Waals surface area contributed by atoms with Crippen LogP contribution in [0.25, 0.3) is 16.7 Å². The maximum Gasteiger partial charge on any atom is 0.137 e. The maximum absolute atomic E-state index is 6.61. The van der Waals surface area contributed by atoms with E-state index in [1.54, 1.807) is 0 Å². The monoisotopic (exact) mass is 325 g/mol. The summed E-state index contributed by atoms with van der Waals surface area (Å²) in [5, 5.41) is 4.65. The first-order chi connectivity index (χ1) is 11.7. The number of pyridine rings is 1. The van der Waals surface area contributed by atoms with Crippen LogP contribution in [0.3, 0.4) is 0 Å². The molecule has 24 heavy (non-hydrogen) atoms. The van der Waals surface area contributed by atoms with Crippen LogP contribution >= 0.6 is 0 Å². The van der Waals surface area contributed by atoms with Crippen molar-refractivity contribution in [2.45, 2.75) is 25.8 Å². The van der Waals surface area contributed by atoms with Crippen molar-refractivity contribution >= 4 is 22.4 Å². The fraction of sp³-hybridized carbons (Fsp3) is 0.444. The van der Waals surface area contributed by atoms with Gasteiger partial charge in [-0.05, 0) is 37.9 Å². The highest BCUT2D eigenvalue weighted by Crippen LogP contribution is 2.26. The van der Waals surface area contributed by atoms with Crippen molar-refractivity contribution in [3.63, 3.8) is 0 Å². The molecule has 1 saturated heterocycles. The number of nitrogens with zero attached hydrogens (tertiary/aromatic N) is 2. The van der Waals surface area contributed by atoms with Crippen LogP contribution in [0, 0.1) is 6.92 Å². The van der Waals surface area contributed by atoms with E-state index in [1.807, 2.05) is 12.4 Å². The van der Waals surface area contributed by atoms with Gasteiger partial charge in [0.25, 0.3) is 0 Å². The number of aryl methyl sites for hydroxylation is 1. The van der Waals surface area contributed by atoms with E-state index in [0.29, 0.717) is 19.8 Å². The lowest BCUT2D eigenvalue weighted by molar-refractivity contribution is 0.171. The van der Waals surface area contributed by atoms with Crippen molar-refractivity contribution in [1.29, 1.82) is 0 Å². The van der Waals surface area contributed by atoms with Gasteiger partial charge in [0.2, 0.25) is 0 Å². The van der Waals surface area contributed by atoms with Crippen molar-refractivity contribution < 1.29 is 4.74 Å². The number of fused-ring (bicyclic) bond motifs is 1. The Hall–Kier alpha value is -2.18. The van der Waals surface area contributed by atoms with E-state index in [-0.39, 0.29) is 6.04 Å². The van der Waals surface area contributed by atoms with Crippen molar-refractivity contribution in [2.75, 3.05) is 26.3 Å². The minimum absolute atomic E-state index is 0.244. The molecule has 6 nitrogen and oxygen atoms in total. The summed E-state index contributed by atoms with van der Waals surface area (Å²) in [6, 6.07) is 2.36. The van der Waals surface area contributed by atoms with Crippen molar-refractivity contribution in [2.24, 2.45) is 10.7 Å². The van der Waals surface area contributed by atoms with E-state index in [1.165, 1.54) is 5.56 Å². The van der Waals surface area contributed by atoms with Gasteiger partial charge in [0.1, 0.15) is 5.65 Å². The highest BCUT2D eigenvalue weighted by Gasteiger charge is 2.26. The van der Waals surface area contributed by atoms with Gasteiger partial charge < -0.3 is 20.8 Å². The molecule has 0 bridgehead atoms. The number of rotatable bonds is 3. The summed E-state index contributed by atoms with van der Waals surface area (Å²) in [5.74, 6) is 0. The Kier molecular flexibility index (Phi) is 4.08. The predicted molar refractivity (Wildman–Crippen MR) is 96.1 cm³/mol. The van der Waals surface area contributed by atoms with Gasteiger partial charge in [-0.2, -0.15) is 0 Å². The molecule has 0 amide bonds. The van der Waals surface area contributed by atoms with Crippen LogP contribution in [0.4, 0.5) is 0 Å². The van der Waals surface area contributed by atoms with E-state index in [0.717, 1.165) is 53.0 Å². The third kappa shape index (κ3) is 2.72. The number of hydrogen-bond donors (Lipinski definition) is 3. The lowest BCUT2D eigenvalue weighted by Crippen LogP contribution is -2.34. The number of aliphatic imine (C=N–C) groups is 1. The second kappa shape index (κ2) is 6.37. The van der Waals surface area contributed by atoms with E-state index in [9.17, 15) is 0 Å². The molecule has 1 atom stereocenters. The Morgan fingerprint density at radius 1 is 1.42 bits per heavy atom. The van der Waals surface area contributed by atoms with Gasteiger partial charge in [0.05, 0.1) is 25.5 Å². The zero-order valence-electron chi connectivity index (χ0n) is 13.9. The molecule has 6 heteroatoms. The molecule has 2 aromatic heterocycles. The molecule has 2 aromatic rings. The van der Waals surface area contributed by atoms with Gasteiger partial charge in [0.15, 0.2) is 0 Å². The van der Waals surface area contributed by atoms with Crippen LogP contribution in [-0.4, -0.2) is 48.0 Å². The summed E-state index contributed by atoms with van der Waals surface area (Å²) < 4.78 is 5.62. The number of nitrogens with two attached hydrogens (primary N) is 1. The Labute approximate surface area is 141 Å². The first-order valence-electron chi connectivity index (χ1n) is 8.52. The minimum Gasteiger partial charge on any atom is -0.398 e. The maximum atomic E-state index is 6.61. The Balaban J connectivity index is 1.82. The number of aromatic amines is 1. The average Bonchev–Trinajstić information content (AvgIpc) is 3.26. The molecule has 2 aliphatic heterocycles. The fourth-order valence-electron chi connectivity index (χ4n) is 3.54. The van der Waals surface area contributed by atoms with Crippen LogP contribution < -0.4 is 11.1 Å². The van der Waals surface area contributed by atoms with Gasteiger partial charge in [-0.1, -0.05) is 0 Å². The molecule has 0 spiro atoms. The molecule has 1 fully saturated rings. The zero-order chi connectivity index (χ0) is 16.5. The average molecular weight is 325 g/mol. The lowest BCUT2D eigenvalue weighted by Gasteiger charge is -2.23. The summed E-state index contributed by atoms with van der Waals surface area (Å²) in [6.45, 7) is 5.01. The molecule has 0 aromatic carbocycles. The van der Waals surface area contributed by atoms with E-state index in [2.05, 4.69) is 33.3 Å². The summed E-state index contributed by atoms with van der Waals surface area (Å²) in [7, 11) is 0. The first kappa shape index (κ1) is 15.4. The molecule has 0 aliphatic carbocycles. The molecule has 126 valence electrons. The summed E-state index contributed by atoms with van der Waals surface area (Å²) in [5.41, 5.74) is 12.4. The molecule has 1 unspecified atom stereocenters. The fourth-order valence-corrected chi connectivity index (χ4v) is 3.54. The van der Waals surface area contributed by atoms with Crippen LogP contribution in [-0.2, 0) is 4.74 Å². The van der Waals surface area contributed by atoms with Crippen LogP contribution in [0.15, 0.2) is 29.0 Å². The zero-order valence-corrected chi connectivity index (χ0v) is 13.9. The SMILES string of the molecule is Cc1c[nH]c2ncc(C(N)=C(C3=NCCOC3)C3CCCN3)cc12. The normalized spacial score (nSPS) is 22.5. The van der Waals surface area contributed by atoms with Gasteiger partial charge in [-0.25, -0.2) is 4.98 Å². The Bertz CT molecular complexity index is 814. The second-order valence-electron chi connectivity index (χ2n) is 6.45. The van der Waals surface area contributed by atoms with Gasteiger partial charge in [0, 0.05) is 40.7 Å². The quantitative estimate of drug-likeness (QED) is 0.802. The van der Waals surface area contributed by atoms with Crippen LogP contribution in [0.1, 0.15) is 24.0 Å². The largest absolute Gasteiger partial charge is 0.398 e. The lowest BCUT2D eigenvalue weighted by atomic mass is 9.95. The molecule has 4 N–H and O–H groups in total. The smallest absolute Gasteiger partial charge is 0.137 e. The summed E-state index contributed by atoms with van der Waals surface area (Å²) in [6.07, 6.45) is 6.05. The molecule has 0 radical (unpaired) electrons. The highest BCUT2D eigenvalue weighted by atomic mass is 16.5. The van der Waals surface area contributed by atoms with Crippen molar-refractivity contribution in [3.8, 4) is 0 Å². The number of nitrogens with one attached hydrogen (secondary N) is 2. The third-order valence-electron chi connectivity index (χ3n) is 4.84. The number of ether oxygens (including phenoxy) is 1. The highest BCUT2D eigenvalue weighted by molar-refractivity contribution is 6.08. The number of H-pyrrole nitrogens is 1. The number of hydrogen-bond acceptors (Lipinski definition) is 5. The number of aromatic nitrogens is 2. The van der Waals surface area contributed by atoms with Gasteiger partial charge in [-0.15, -0.1) is 0 Å². The topological polar surface area (TPSA) is 88.3 Å². The Morgan fingerprint density at radius 2 is 2.33 bits per heavy atom. The van der Waals surface area contributed by atoms with Crippen LogP contribution in [0.2, 0.25) is 0 Å². The second-order valence-corrected chi connectivity index (χ2v) is 6.45. The van der Waals surface area contributed by atoms with Gasteiger partial charge in [-0.3, -0.25) is 4.99 Å². The standard InChI is InChI=1S/C18H23N5O/c1-11-8-22-18-13(11)7-12(9-23-18)17(19)16(14-3-2-4-20-14)15-10-24-6-5-21-15/h7-9,14,20H,2-6,10,19H2,1H3,(H,22,23). The molecular weight excluding hydrogens is 302 g/mol. The molecule has 2 aliphatic rings. The third-order valence-corrected chi connectivity index (χ3v) is 4.84. The Morgan fingerprint density at radius 3 is 3.08 bits per heavy atom. The summed E-state index contributed by atoms with van der Waals surface area (Å²) >= 11 is 0. The van der Waals surface area contributed by atoms with E-state index < -0.39 is 0 Å².